The fourth-order valence-corrected chi connectivity index (χ4v) is 2.73. The summed E-state index contributed by atoms with van der Waals surface area (Å²) in [5, 5.41) is 0. The molecule has 1 aromatic rings. The Kier molecular flexibility index (Phi) is 7.52. The summed E-state index contributed by atoms with van der Waals surface area (Å²) >= 11 is 0. The monoisotopic (exact) mass is 357 g/mol. The predicted octanol–water partition coefficient (Wildman–Crippen LogP) is 2.21. The minimum atomic E-state index is -1.03. The Morgan fingerprint density at radius 1 is 1.19 bits per heavy atom. The van der Waals surface area contributed by atoms with Crippen molar-refractivity contribution in [3.63, 3.8) is 0 Å². The van der Waals surface area contributed by atoms with E-state index in [9.17, 15) is 9.59 Å². The molecule has 1 heterocycles. The maximum atomic E-state index is 12.9. The van der Waals surface area contributed by atoms with E-state index in [1.54, 1.807) is 38.1 Å². The summed E-state index contributed by atoms with van der Waals surface area (Å²) in [6.45, 7) is 7.14. The molecule has 1 aromatic carbocycles. The van der Waals surface area contributed by atoms with E-state index in [1.807, 2.05) is 6.07 Å². The topological polar surface area (TPSA) is 55.8 Å². The minimum Gasteiger partial charge on any atom is -0.379 e. The van der Waals surface area contributed by atoms with Crippen molar-refractivity contribution in [2.75, 3.05) is 40.0 Å². The molecule has 1 saturated heterocycles. The number of morpholine rings is 1. The first-order chi connectivity index (χ1) is 12.5. The van der Waals surface area contributed by atoms with Crippen molar-refractivity contribution in [1.82, 2.24) is 4.90 Å². The molecule has 5 nitrogen and oxygen atoms in total. The number of nitrogens with zero attached hydrogens (tertiary/aromatic N) is 1. The molecular formula is C21H27NO4. The Labute approximate surface area is 155 Å². The van der Waals surface area contributed by atoms with E-state index in [2.05, 4.69) is 16.7 Å². The number of hydrogen-bond donors (Lipinski definition) is 0. The van der Waals surface area contributed by atoms with Crippen molar-refractivity contribution in [2.45, 2.75) is 25.9 Å². The number of methoxy groups -OCH3 is 1. The van der Waals surface area contributed by atoms with Crippen molar-refractivity contribution < 1.29 is 19.1 Å². The van der Waals surface area contributed by atoms with Crippen LogP contribution >= 0.6 is 0 Å². The molecular weight excluding hydrogens is 330 g/mol. The third-order valence-corrected chi connectivity index (χ3v) is 4.63. The Morgan fingerprint density at radius 2 is 1.85 bits per heavy atom. The Balaban J connectivity index is 2.10. The van der Waals surface area contributed by atoms with Gasteiger partial charge in [0.25, 0.3) is 0 Å². The van der Waals surface area contributed by atoms with Gasteiger partial charge in [0.1, 0.15) is 5.60 Å². The molecule has 140 valence electrons. The van der Waals surface area contributed by atoms with E-state index in [0.29, 0.717) is 12.1 Å². The number of ether oxygens (including phenoxy) is 2. The standard InChI is InChI=1S/C21H27NO4/c1-21(2,25-3)20(24)18(19(23)17-9-5-4-6-10-17)11-7-8-12-22-13-15-26-16-14-22/h4-6,9-10,18H,11-16H2,1-3H3. The van der Waals surface area contributed by atoms with Crippen molar-refractivity contribution in [1.29, 1.82) is 0 Å². The zero-order valence-corrected chi connectivity index (χ0v) is 15.8. The Hall–Kier alpha value is -2.00. The third-order valence-electron chi connectivity index (χ3n) is 4.63. The zero-order chi connectivity index (χ0) is 19.0. The molecule has 0 aromatic heterocycles. The van der Waals surface area contributed by atoms with Gasteiger partial charge in [0.15, 0.2) is 11.6 Å². The van der Waals surface area contributed by atoms with Gasteiger partial charge in [-0.2, -0.15) is 0 Å². The number of carbonyl (C=O) groups excluding carboxylic acids is 2. The van der Waals surface area contributed by atoms with Crippen LogP contribution in [0.2, 0.25) is 0 Å². The lowest BCUT2D eigenvalue weighted by Gasteiger charge is -2.25. The predicted molar refractivity (Wildman–Crippen MR) is 100 cm³/mol. The van der Waals surface area contributed by atoms with Crippen LogP contribution in [0.5, 0.6) is 0 Å². The van der Waals surface area contributed by atoms with E-state index in [-0.39, 0.29) is 18.0 Å². The fraction of sp³-hybridized carbons (Fsp3) is 0.524. The van der Waals surface area contributed by atoms with Crippen LogP contribution < -0.4 is 0 Å². The van der Waals surface area contributed by atoms with E-state index in [0.717, 1.165) is 26.3 Å². The largest absolute Gasteiger partial charge is 0.379 e. The average Bonchev–Trinajstić information content (AvgIpc) is 2.68. The van der Waals surface area contributed by atoms with E-state index in [1.165, 1.54) is 7.11 Å². The summed E-state index contributed by atoms with van der Waals surface area (Å²) < 4.78 is 10.6. The van der Waals surface area contributed by atoms with Gasteiger partial charge >= 0.3 is 0 Å². The molecule has 1 unspecified atom stereocenters. The highest BCUT2D eigenvalue weighted by molar-refractivity contribution is 6.13. The molecule has 26 heavy (non-hydrogen) atoms. The van der Waals surface area contributed by atoms with Crippen molar-refractivity contribution >= 4 is 11.6 Å². The van der Waals surface area contributed by atoms with Gasteiger partial charge in [-0.15, -0.1) is 5.92 Å². The van der Waals surface area contributed by atoms with Crippen LogP contribution in [0.4, 0.5) is 0 Å². The molecule has 0 bridgehead atoms. The normalized spacial score (nSPS) is 16.4. The zero-order valence-electron chi connectivity index (χ0n) is 15.8. The molecule has 0 spiro atoms. The minimum absolute atomic E-state index is 0.198. The first-order valence-corrected chi connectivity index (χ1v) is 8.90. The molecule has 0 saturated carbocycles. The second-order valence-corrected chi connectivity index (χ2v) is 6.81. The van der Waals surface area contributed by atoms with Crippen LogP contribution in [0.15, 0.2) is 30.3 Å². The lowest BCUT2D eigenvalue weighted by atomic mass is 9.84. The van der Waals surface area contributed by atoms with Gasteiger partial charge in [-0.1, -0.05) is 36.3 Å². The second kappa shape index (κ2) is 9.63. The Bertz CT molecular complexity index is 666. The summed E-state index contributed by atoms with van der Waals surface area (Å²) in [6, 6.07) is 8.88. The molecule has 5 heteroatoms. The van der Waals surface area contributed by atoms with Crippen LogP contribution in [0, 0.1) is 17.8 Å². The van der Waals surface area contributed by atoms with E-state index < -0.39 is 11.5 Å². The van der Waals surface area contributed by atoms with Crippen LogP contribution in [0.1, 0.15) is 30.6 Å². The van der Waals surface area contributed by atoms with Crippen molar-refractivity contribution in [2.24, 2.45) is 5.92 Å². The lowest BCUT2D eigenvalue weighted by molar-refractivity contribution is -0.139. The molecule has 0 radical (unpaired) electrons. The first kappa shape index (κ1) is 20.3. The van der Waals surface area contributed by atoms with Gasteiger partial charge in [-0.05, 0) is 13.8 Å². The third kappa shape index (κ3) is 5.50. The summed E-state index contributed by atoms with van der Waals surface area (Å²) in [5.74, 6) is 4.84. The van der Waals surface area contributed by atoms with Gasteiger partial charge < -0.3 is 9.47 Å². The number of Topliss-reactive ketones (excluding diaryl/α,β-unsaturated/α-hetero) is 2. The van der Waals surface area contributed by atoms with Crippen LogP contribution in [0.3, 0.4) is 0 Å². The van der Waals surface area contributed by atoms with E-state index >= 15 is 0 Å². The van der Waals surface area contributed by atoms with E-state index in [4.69, 9.17) is 9.47 Å². The molecule has 1 aliphatic rings. The molecule has 1 atom stereocenters. The summed E-state index contributed by atoms with van der Waals surface area (Å²) in [5.41, 5.74) is -0.506. The molecule has 1 aliphatic heterocycles. The maximum Gasteiger partial charge on any atom is 0.175 e. The molecule has 0 aliphatic carbocycles. The lowest BCUT2D eigenvalue weighted by Crippen LogP contribution is -2.41. The van der Waals surface area contributed by atoms with Crippen LogP contribution in [-0.2, 0) is 14.3 Å². The SMILES string of the molecule is COC(C)(C)C(=O)C(CC#CCN1CCOCC1)C(=O)c1ccccc1. The highest BCUT2D eigenvalue weighted by Gasteiger charge is 2.37. The first-order valence-electron chi connectivity index (χ1n) is 8.90. The molecule has 2 rings (SSSR count). The summed E-state index contributed by atoms with van der Waals surface area (Å²) in [7, 11) is 1.48. The highest BCUT2D eigenvalue weighted by atomic mass is 16.5. The van der Waals surface area contributed by atoms with Gasteiger partial charge in [0, 0.05) is 32.2 Å². The number of ketones is 2. The summed E-state index contributed by atoms with van der Waals surface area (Å²) in [4.78, 5) is 27.9. The molecule has 1 fully saturated rings. The van der Waals surface area contributed by atoms with Gasteiger partial charge in [0.2, 0.25) is 0 Å². The van der Waals surface area contributed by atoms with Crippen molar-refractivity contribution in [3.05, 3.63) is 35.9 Å². The van der Waals surface area contributed by atoms with Gasteiger partial charge in [-0.25, -0.2) is 0 Å². The Morgan fingerprint density at radius 3 is 2.46 bits per heavy atom. The maximum absolute atomic E-state index is 12.9. The molecule has 0 amide bonds. The van der Waals surface area contributed by atoms with Crippen LogP contribution in [-0.4, -0.2) is 62.0 Å². The van der Waals surface area contributed by atoms with Gasteiger partial charge in [-0.3, -0.25) is 14.5 Å². The smallest absolute Gasteiger partial charge is 0.175 e. The average molecular weight is 357 g/mol. The number of carbonyl (C=O) groups is 2. The van der Waals surface area contributed by atoms with Gasteiger partial charge in [0.05, 0.1) is 25.7 Å². The second-order valence-electron chi connectivity index (χ2n) is 6.81. The van der Waals surface area contributed by atoms with Crippen molar-refractivity contribution in [3.8, 4) is 11.8 Å². The highest BCUT2D eigenvalue weighted by Crippen LogP contribution is 2.22. The quantitative estimate of drug-likeness (QED) is 0.425. The number of hydrogen-bond acceptors (Lipinski definition) is 5. The number of benzene rings is 1. The molecule has 0 N–H and O–H groups in total. The number of rotatable bonds is 7. The van der Waals surface area contributed by atoms with Crippen LogP contribution in [0.25, 0.3) is 0 Å². The summed E-state index contributed by atoms with van der Waals surface area (Å²) in [6.07, 6.45) is 0.198. The fourth-order valence-electron chi connectivity index (χ4n) is 2.73.